The first kappa shape index (κ1) is 20.0. The summed E-state index contributed by atoms with van der Waals surface area (Å²) in [6, 6.07) is 5.13. The van der Waals surface area contributed by atoms with Gasteiger partial charge in [-0.2, -0.15) is 5.10 Å². The van der Waals surface area contributed by atoms with Crippen LogP contribution < -0.4 is 10.9 Å². The molecule has 152 valence electrons. The largest absolute Gasteiger partial charge is 0.287 e. The van der Waals surface area contributed by atoms with E-state index in [1.54, 1.807) is 11.5 Å². The number of thiophene rings is 2. The van der Waals surface area contributed by atoms with Gasteiger partial charge in [0.1, 0.15) is 6.04 Å². The van der Waals surface area contributed by atoms with Crippen molar-refractivity contribution in [1.29, 1.82) is 0 Å². The zero-order valence-corrected chi connectivity index (χ0v) is 18.5. The summed E-state index contributed by atoms with van der Waals surface area (Å²) < 4.78 is 2.00. The molecule has 3 aromatic heterocycles. The Kier molecular flexibility index (Phi) is 5.66. The number of carbonyl (C=O) groups excluding carboxylic acids is 2. The molecule has 7 nitrogen and oxygen atoms in total. The highest BCUT2D eigenvalue weighted by atomic mass is 32.1. The van der Waals surface area contributed by atoms with E-state index >= 15 is 0 Å². The minimum atomic E-state index is -0.643. The lowest BCUT2D eigenvalue weighted by atomic mass is 9.90. The van der Waals surface area contributed by atoms with E-state index in [1.165, 1.54) is 33.1 Å². The van der Waals surface area contributed by atoms with Crippen LogP contribution in [-0.2, 0) is 17.6 Å². The monoisotopic (exact) mass is 447 g/mol. The van der Waals surface area contributed by atoms with Crippen molar-refractivity contribution >= 4 is 46.7 Å². The van der Waals surface area contributed by atoms with Crippen LogP contribution in [0.15, 0.2) is 23.6 Å². The van der Waals surface area contributed by atoms with Gasteiger partial charge in [-0.1, -0.05) is 13.0 Å². The molecule has 1 aliphatic rings. The Balaban J connectivity index is 1.43. The molecule has 2 amide bonds. The van der Waals surface area contributed by atoms with E-state index in [0.29, 0.717) is 21.4 Å². The molecule has 1 aliphatic carbocycles. The molecule has 0 aliphatic heterocycles. The van der Waals surface area contributed by atoms with Gasteiger partial charge in [0, 0.05) is 4.88 Å². The van der Waals surface area contributed by atoms with Gasteiger partial charge >= 0.3 is 0 Å². The first-order valence-electron chi connectivity index (χ1n) is 9.36. The molecule has 2 unspecified atom stereocenters. The fourth-order valence-electron chi connectivity index (χ4n) is 3.46. The maximum Gasteiger partial charge on any atom is 0.279 e. The van der Waals surface area contributed by atoms with Crippen molar-refractivity contribution < 1.29 is 9.59 Å². The van der Waals surface area contributed by atoms with Crippen LogP contribution in [0.5, 0.6) is 0 Å². The van der Waals surface area contributed by atoms with E-state index in [-0.39, 0.29) is 11.8 Å². The SMILES string of the molecule is CC1CCc2sc(C(=O)NNC(=O)C(C)n3c(-c4cccs4)n[nH]c3=S)cc2C1. The van der Waals surface area contributed by atoms with Gasteiger partial charge < -0.3 is 0 Å². The van der Waals surface area contributed by atoms with E-state index in [4.69, 9.17) is 12.2 Å². The second kappa shape index (κ2) is 8.21. The molecule has 0 fully saturated rings. The van der Waals surface area contributed by atoms with Crippen molar-refractivity contribution in [3.05, 3.63) is 43.7 Å². The highest BCUT2D eigenvalue weighted by Crippen LogP contribution is 2.32. The zero-order chi connectivity index (χ0) is 20.5. The van der Waals surface area contributed by atoms with Crippen LogP contribution in [-0.4, -0.2) is 26.6 Å². The number of rotatable bonds is 4. The maximum absolute atomic E-state index is 12.7. The van der Waals surface area contributed by atoms with Gasteiger partial charge in [0.05, 0.1) is 9.75 Å². The third-order valence-electron chi connectivity index (χ3n) is 5.06. The fraction of sp³-hybridized carbons (Fsp3) is 0.368. The molecular formula is C19H21N5O2S3. The van der Waals surface area contributed by atoms with E-state index in [0.717, 1.165) is 24.1 Å². The average Bonchev–Trinajstić information content (AvgIpc) is 3.43. The van der Waals surface area contributed by atoms with Gasteiger partial charge in [-0.3, -0.25) is 30.1 Å². The summed E-state index contributed by atoms with van der Waals surface area (Å²) in [6.07, 6.45) is 3.18. The Morgan fingerprint density at radius 3 is 3.00 bits per heavy atom. The molecule has 3 N–H and O–H groups in total. The number of hydrogen-bond acceptors (Lipinski definition) is 6. The van der Waals surface area contributed by atoms with Crippen LogP contribution in [0.1, 0.15) is 46.4 Å². The lowest BCUT2D eigenvalue weighted by Crippen LogP contribution is -2.44. The Bertz CT molecular complexity index is 1100. The zero-order valence-electron chi connectivity index (χ0n) is 16.0. The number of aromatic nitrogens is 3. The number of fused-ring (bicyclic) bond motifs is 1. The minimum Gasteiger partial charge on any atom is -0.287 e. The Hall–Kier alpha value is -2.30. The standard InChI is InChI=1S/C19H21N5O2S3/c1-10-5-6-13-12(8-10)9-15(29-13)18(26)22-21-17(25)11(2)24-16(20-23-19(24)27)14-4-3-7-28-14/h3-4,7,9-11H,5-6,8H2,1-2H3,(H,21,25)(H,22,26)(H,23,27). The first-order valence-corrected chi connectivity index (χ1v) is 11.5. The lowest BCUT2D eigenvalue weighted by molar-refractivity contribution is -0.124. The molecule has 0 radical (unpaired) electrons. The summed E-state index contributed by atoms with van der Waals surface area (Å²) in [5, 5.41) is 8.91. The topological polar surface area (TPSA) is 91.8 Å². The number of hydrazine groups is 1. The fourth-order valence-corrected chi connectivity index (χ4v) is 5.57. The predicted molar refractivity (Wildman–Crippen MR) is 117 cm³/mol. The third kappa shape index (κ3) is 4.05. The Labute approximate surface area is 181 Å². The molecule has 3 heterocycles. The normalized spacial score (nSPS) is 16.8. The Morgan fingerprint density at radius 2 is 2.24 bits per heavy atom. The molecule has 0 aromatic carbocycles. The van der Waals surface area contributed by atoms with Crippen molar-refractivity contribution in [2.75, 3.05) is 0 Å². The van der Waals surface area contributed by atoms with Crippen LogP contribution in [0.2, 0.25) is 0 Å². The average molecular weight is 448 g/mol. The molecule has 4 rings (SSSR count). The van der Waals surface area contributed by atoms with E-state index in [1.807, 2.05) is 23.6 Å². The molecule has 0 spiro atoms. The van der Waals surface area contributed by atoms with Gasteiger partial charge in [-0.25, -0.2) is 0 Å². The summed E-state index contributed by atoms with van der Waals surface area (Å²) in [7, 11) is 0. The second-order valence-electron chi connectivity index (χ2n) is 7.23. The van der Waals surface area contributed by atoms with Crippen LogP contribution in [0.3, 0.4) is 0 Å². The van der Waals surface area contributed by atoms with Crippen LogP contribution in [0, 0.1) is 10.7 Å². The van der Waals surface area contributed by atoms with Crippen molar-refractivity contribution in [1.82, 2.24) is 25.6 Å². The third-order valence-corrected chi connectivity index (χ3v) is 7.45. The summed E-state index contributed by atoms with van der Waals surface area (Å²) in [6.45, 7) is 3.95. The Morgan fingerprint density at radius 1 is 1.41 bits per heavy atom. The van der Waals surface area contributed by atoms with Crippen LogP contribution >= 0.6 is 34.9 Å². The number of hydrogen-bond donors (Lipinski definition) is 3. The molecule has 0 saturated carbocycles. The van der Waals surface area contributed by atoms with E-state index < -0.39 is 6.04 Å². The number of H-pyrrole nitrogens is 1. The minimum absolute atomic E-state index is 0.299. The van der Waals surface area contributed by atoms with Crippen molar-refractivity contribution in [3.63, 3.8) is 0 Å². The number of amides is 2. The van der Waals surface area contributed by atoms with Crippen molar-refractivity contribution in [3.8, 4) is 10.7 Å². The summed E-state index contributed by atoms with van der Waals surface area (Å²) in [5.41, 5.74) is 6.31. The summed E-state index contributed by atoms with van der Waals surface area (Å²) in [5.74, 6) is 0.570. The maximum atomic E-state index is 12.7. The van der Waals surface area contributed by atoms with Gasteiger partial charge in [-0.15, -0.1) is 22.7 Å². The molecule has 0 bridgehead atoms. The van der Waals surface area contributed by atoms with Gasteiger partial charge in [0.25, 0.3) is 11.8 Å². The summed E-state index contributed by atoms with van der Waals surface area (Å²) in [4.78, 5) is 28.0. The number of nitrogens with one attached hydrogen (secondary N) is 3. The molecule has 10 heteroatoms. The molecule has 2 atom stereocenters. The molecule has 3 aromatic rings. The number of aromatic amines is 1. The number of nitrogens with zero attached hydrogens (tertiary/aromatic N) is 2. The molecule has 0 saturated heterocycles. The highest BCUT2D eigenvalue weighted by molar-refractivity contribution is 7.71. The van der Waals surface area contributed by atoms with Gasteiger partial charge in [-0.05, 0) is 67.4 Å². The molecular weight excluding hydrogens is 426 g/mol. The van der Waals surface area contributed by atoms with Gasteiger partial charge in [0.15, 0.2) is 10.6 Å². The number of aryl methyl sites for hydroxylation is 1. The van der Waals surface area contributed by atoms with Crippen molar-refractivity contribution in [2.24, 2.45) is 5.92 Å². The van der Waals surface area contributed by atoms with E-state index in [9.17, 15) is 9.59 Å². The van der Waals surface area contributed by atoms with Crippen molar-refractivity contribution in [2.45, 2.75) is 39.2 Å². The van der Waals surface area contributed by atoms with Crippen LogP contribution in [0.25, 0.3) is 10.7 Å². The smallest absolute Gasteiger partial charge is 0.279 e. The predicted octanol–water partition coefficient (Wildman–Crippen LogP) is 3.88. The lowest BCUT2D eigenvalue weighted by Gasteiger charge is -2.16. The second-order valence-corrected chi connectivity index (χ2v) is 9.70. The highest BCUT2D eigenvalue weighted by Gasteiger charge is 2.23. The first-order chi connectivity index (χ1) is 13.9. The van der Waals surface area contributed by atoms with Crippen LogP contribution in [0.4, 0.5) is 0 Å². The summed E-state index contributed by atoms with van der Waals surface area (Å²) >= 11 is 8.32. The molecule has 29 heavy (non-hydrogen) atoms. The quantitative estimate of drug-likeness (QED) is 0.418. The van der Waals surface area contributed by atoms with Gasteiger partial charge in [0.2, 0.25) is 0 Å². The number of carbonyl (C=O) groups is 2. The van der Waals surface area contributed by atoms with E-state index in [2.05, 4.69) is 28.0 Å².